The summed E-state index contributed by atoms with van der Waals surface area (Å²) in [6, 6.07) is 9.63. The van der Waals surface area contributed by atoms with Gasteiger partial charge in [0.15, 0.2) is 6.61 Å². The van der Waals surface area contributed by atoms with Gasteiger partial charge in [0.05, 0.1) is 40.7 Å². The van der Waals surface area contributed by atoms with Crippen molar-refractivity contribution in [3.63, 3.8) is 0 Å². The Labute approximate surface area is 200 Å². The molecule has 1 aromatic heterocycles. The van der Waals surface area contributed by atoms with E-state index in [2.05, 4.69) is 4.74 Å². The molecule has 0 unspecified atom stereocenters. The second kappa shape index (κ2) is 9.10. The summed E-state index contributed by atoms with van der Waals surface area (Å²) in [5, 5.41) is 0.743. The predicted molar refractivity (Wildman–Crippen MR) is 121 cm³/mol. The number of nitrogens with two attached hydrogens (primary N) is 1. The van der Waals surface area contributed by atoms with E-state index in [0.29, 0.717) is 17.0 Å². The van der Waals surface area contributed by atoms with Crippen LogP contribution in [0.2, 0.25) is 5.02 Å². The number of primary amides is 1. The third-order valence-corrected chi connectivity index (χ3v) is 5.79. The molecule has 1 amide bonds. The van der Waals surface area contributed by atoms with Gasteiger partial charge < -0.3 is 19.8 Å². The van der Waals surface area contributed by atoms with Crippen LogP contribution in [0, 0.1) is 5.82 Å². The molecule has 35 heavy (non-hydrogen) atoms. The molecule has 3 aromatic carbocycles. The molecule has 0 aliphatic carbocycles. The van der Waals surface area contributed by atoms with Crippen LogP contribution < -0.4 is 10.5 Å². The Morgan fingerprint density at radius 3 is 2.49 bits per heavy atom. The third kappa shape index (κ3) is 4.49. The smallest absolute Gasteiger partial charge is 0.416 e. The first-order valence-corrected chi connectivity index (χ1v) is 10.5. The summed E-state index contributed by atoms with van der Waals surface area (Å²) >= 11 is 6.48. The quantitative estimate of drug-likeness (QED) is 0.283. The summed E-state index contributed by atoms with van der Waals surface area (Å²) in [6.45, 7) is -0.807. The van der Waals surface area contributed by atoms with Crippen LogP contribution in [0.4, 0.5) is 17.6 Å². The van der Waals surface area contributed by atoms with Gasteiger partial charge in [-0.1, -0.05) is 17.7 Å². The fourth-order valence-electron chi connectivity index (χ4n) is 3.93. The van der Waals surface area contributed by atoms with E-state index in [-0.39, 0.29) is 39.3 Å². The molecule has 11 heteroatoms. The van der Waals surface area contributed by atoms with Gasteiger partial charge in [0.2, 0.25) is 5.91 Å². The van der Waals surface area contributed by atoms with Crippen LogP contribution in [0.3, 0.4) is 0 Å². The minimum atomic E-state index is -4.67. The van der Waals surface area contributed by atoms with Crippen molar-refractivity contribution < 1.29 is 36.6 Å². The van der Waals surface area contributed by atoms with Crippen LogP contribution in [-0.4, -0.2) is 30.2 Å². The molecule has 0 bridgehead atoms. The number of alkyl halides is 3. The molecule has 0 aliphatic rings. The normalized spacial score (nSPS) is 11.7. The lowest BCUT2D eigenvalue weighted by molar-refractivity contribution is -0.143. The van der Waals surface area contributed by atoms with Crippen LogP contribution >= 0.6 is 11.6 Å². The number of rotatable bonds is 6. The highest BCUT2D eigenvalue weighted by Crippen LogP contribution is 2.42. The average molecular weight is 509 g/mol. The number of hydrogen-bond donors (Lipinski definition) is 1. The average Bonchev–Trinajstić information content (AvgIpc) is 3.14. The SMILES string of the molecule is COC(=O)COc1ccc(Cl)c2c1c1c(C(N)=O)cccc1n2Cc1cc(C(F)(F)F)ccc1F. The van der Waals surface area contributed by atoms with E-state index in [9.17, 15) is 27.2 Å². The first kappa shape index (κ1) is 24.3. The standard InChI is InChI=1S/C24H17ClF4N2O4/c1-34-19(32)11-35-18-8-6-15(25)22-21(18)20-14(23(30)33)3-2-4-17(20)31(22)10-12-9-13(24(27,28)29)5-7-16(12)26/h2-9H,10-11H2,1H3,(H2,30,33). The highest BCUT2D eigenvalue weighted by Gasteiger charge is 2.31. The Morgan fingerprint density at radius 2 is 1.83 bits per heavy atom. The zero-order chi connectivity index (χ0) is 25.5. The molecule has 4 rings (SSSR count). The number of fused-ring (bicyclic) bond motifs is 3. The first-order valence-electron chi connectivity index (χ1n) is 10.1. The van der Waals surface area contributed by atoms with Gasteiger partial charge in [0.1, 0.15) is 11.6 Å². The number of ether oxygens (including phenoxy) is 2. The van der Waals surface area contributed by atoms with E-state index in [4.69, 9.17) is 22.1 Å². The van der Waals surface area contributed by atoms with E-state index in [1.807, 2.05) is 0 Å². The number of esters is 1. The number of hydrogen-bond acceptors (Lipinski definition) is 4. The molecule has 2 N–H and O–H groups in total. The second-order valence-electron chi connectivity index (χ2n) is 7.59. The largest absolute Gasteiger partial charge is 0.481 e. The van der Waals surface area contributed by atoms with Gasteiger partial charge >= 0.3 is 12.1 Å². The molecule has 0 saturated carbocycles. The van der Waals surface area contributed by atoms with E-state index < -0.39 is 36.0 Å². The van der Waals surface area contributed by atoms with Crippen LogP contribution in [0.25, 0.3) is 21.8 Å². The van der Waals surface area contributed by atoms with Crippen LogP contribution in [0.15, 0.2) is 48.5 Å². The topological polar surface area (TPSA) is 83.6 Å². The van der Waals surface area contributed by atoms with Crippen molar-refractivity contribution in [1.29, 1.82) is 0 Å². The minimum Gasteiger partial charge on any atom is -0.481 e. The lowest BCUT2D eigenvalue weighted by Gasteiger charge is -2.13. The summed E-state index contributed by atoms with van der Waals surface area (Å²) in [7, 11) is 1.18. The van der Waals surface area contributed by atoms with E-state index in [1.54, 1.807) is 6.07 Å². The fraction of sp³-hybridized carbons (Fsp3) is 0.167. The lowest BCUT2D eigenvalue weighted by atomic mass is 10.1. The van der Waals surface area contributed by atoms with Crippen molar-refractivity contribution in [1.82, 2.24) is 4.57 Å². The molecular formula is C24H17ClF4N2O4. The number of methoxy groups -OCH3 is 1. The minimum absolute atomic E-state index is 0.0842. The molecule has 6 nitrogen and oxygen atoms in total. The number of nitrogens with zero attached hydrogens (tertiary/aromatic N) is 1. The van der Waals surface area contributed by atoms with E-state index in [1.165, 1.54) is 35.9 Å². The van der Waals surface area contributed by atoms with Crippen molar-refractivity contribution in [3.8, 4) is 5.75 Å². The zero-order valence-corrected chi connectivity index (χ0v) is 18.8. The first-order chi connectivity index (χ1) is 16.5. The Bertz CT molecular complexity index is 1480. The Hall–Kier alpha value is -3.79. The van der Waals surface area contributed by atoms with Gasteiger partial charge in [-0.3, -0.25) is 4.79 Å². The van der Waals surface area contributed by atoms with Gasteiger partial charge in [-0.15, -0.1) is 0 Å². The molecule has 0 fully saturated rings. The van der Waals surface area contributed by atoms with Crippen LogP contribution in [-0.2, 0) is 22.3 Å². The summed E-state index contributed by atoms with van der Waals surface area (Å²) in [6.07, 6.45) is -4.67. The maximum absolute atomic E-state index is 14.6. The van der Waals surface area contributed by atoms with Crippen LogP contribution in [0.5, 0.6) is 5.75 Å². The molecule has 0 saturated heterocycles. The molecule has 1 heterocycles. The highest BCUT2D eigenvalue weighted by molar-refractivity contribution is 6.37. The molecule has 0 radical (unpaired) electrons. The molecule has 4 aromatic rings. The molecule has 182 valence electrons. The zero-order valence-electron chi connectivity index (χ0n) is 18.1. The summed E-state index contributed by atoms with van der Waals surface area (Å²) in [5.41, 5.74) is 5.01. The predicted octanol–water partition coefficient (Wildman–Crippen LogP) is 5.30. The van der Waals surface area contributed by atoms with Gasteiger partial charge in [0.25, 0.3) is 0 Å². The number of halogens is 5. The Kier molecular flexibility index (Phi) is 6.33. The summed E-state index contributed by atoms with van der Waals surface area (Å²) in [4.78, 5) is 23.9. The maximum Gasteiger partial charge on any atom is 0.416 e. The van der Waals surface area contributed by atoms with Gasteiger partial charge in [-0.2, -0.15) is 13.2 Å². The number of carbonyl (C=O) groups excluding carboxylic acids is 2. The van der Waals surface area contributed by atoms with Crippen molar-refractivity contribution in [3.05, 3.63) is 76.1 Å². The van der Waals surface area contributed by atoms with Crippen molar-refractivity contribution in [2.45, 2.75) is 12.7 Å². The van der Waals surface area contributed by atoms with Gasteiger partial charge in [-0.05, 0) is 42.5 Å². The van der Waals surface area contributed by atoms with Crippen molar-refractivity contribution >= 4 is 45.3 Å². The Morgan fingerprint density at radius 1 is 1.09 bits per heavy atom. The van der Waals surface area contributed by atoms with Crippen molar-refractivity contribution in [2.24, 2.45) is 5.73 Å². The number of benzene rings is 3. The van der Waals surface area contributed by atoms with Gasteiger partial charge in [0, 0.05) is 16.5 Å². The van der Waals surface area contributed by atoms with Crippen LogP contribution in [0.1, 0.15) is 21.5 Å². The molecule has 0 atom stereocenters. The highest BCUT2D eigenvalue weighted by atomic mass is 35.5. The second-order valence-corrected chi connectivity index (χ2v) is 8.00. The summed E-state index contributed by atoms with van der Waals surface area (Å²) in [5.74, 6) is -2.15. The fourth-order valence-corrected chi connectivity index (χ4v) is 4.19. The Balaban J connectivity index is 2.02. The van der Waals surface area contributed by atoms with Crippen molar-refractivity contribution in [2.75, 3.05) is 13.7 Å². The molecule has 0 aliphatic heterocycles. The number of carbonyl (C=O) groups is 2. The molecule has 0 spiro atoms. The molecular weight excluding hydrogens is 492 g/mol. The monoisotopic (exact) mass is 508 g/mol. The third-order valence-electron chi connectivity index (χ3n) is 5.48. The van der Waals surface area contributed by atoms with Gasteiger partial charge in [-0.25, -0.2) is 9.18 Å². The van der Waals surface area contributed by atoms with E-state index in [0.717, 1.165) is 12.1 Å². The summed E-state index contributed by atoms with van der Waals surface area (Å²) < 4.78 is 66.1. The number of aromatic nitrogens is 1. The number of amides is 1. The maximum atomic E-state index is 14.6. The van der Waals surface area contributed by atoms with E-state index >= 15 is 0 Å². The lowest BCUT2D eigenvalue weighted by Crippen LogP contribution is -2.13.